The lowest BCUT2D eigenvalue weighted by Gasteiger charge is -2.32. The van der Waals surface area contributed by atoms with E-state index in [0.29, 0.717) is 0 Å². The van der Waals surface area contributed by atoms with Gasteiger partial charge in [-0.1, -0.05) is 0 Å². The zero-order chi connectivity index (χ0) is 10.6. The molecule has 3 N–H and O–H groups in total. The monoisotopic (exact) mass is 192 g/mol. The van der Waals surface area contributed by atoms with E-state index >= 15 is 0 Å². The van der Waals surface area contributed by atoms with Gasteiger partial charge in [-0.25, -0.2) is 0 Å². The Kier molecular flexibility index (Phi) is 1.84. The fraction of sp³-hybridized carbons (Fsp3) is 0.667. The first kappa shape index (κ1) is 9.78. The third kappa shape index (κ3) is 1.13. The molecule has 0 aliphatic heterocycles. The molecular weight excluding hydrogens is 172 g/mol. The van der Waals surface area contributed by atoms with Crippen LogP contribution in [0.3, 0.4) is 0 Å². The van der Waals surface area contributed by atoms with Gasteiger partial charge in [0, 0.05) is 22.8 Å². The van der Waals surface area contributed by atoms with Crippen molar-refractivity contribution in [2.24, 2.45) is 5.73 Å². The van der Waals surface area contributed by atoms with E-state index < -0.39 is 0 Å². The molecular formula is C12H20N2. The van der Waals surface area contributed by atoms with Crippen molar-refractivity contribution in [1.29, 1.82) is 0 Å². The van der Waals surface area contributed by atoms with Gasteiger partial charge in [-0.3, -0.25) is 0 Å². The van der Waals surface area contributed by atoms with E-state index in [0.717, 1.165) is 0 Å². The number of hydrogen-bond donors (Lipinski definition) is 2. The maximum absolute atomic E-state index is 6.29. The maximum atomic E-state index is 6.29. The summed E-state index contributed by atoms with van der Waals surface area (Å²) >= 11 is 0. The molecule has 0 aromatic carbocycles. The molecule has 2 nitrogen and oxygen atoms in total. The lowest BCUT2D eigenvalue weighted by molar-refractivity contribution is 0.389. The Morgan fingerprint density at radius 3 is 2.21 bits per heavy atom. The Hall–Kier alpha value is -0.760. The van der Waals surface area contributed by atoms with Gasteiger partial charge in [0.25, 0.3) is 0 Å². The molecule has 0 bridgehead atoms. The van der Waals surface area contributed by atoms with E-state index in [1.807, 2.05) is 0 Å². The highest BCUT2D eigenvalue weighted by atomic mass is 14.8. The van der Waals surface area contributed by atoms with E-state index in [2.05, 4.69) is 38.9 Å². The fourth-order valence-electron chi connectivity index (χ4n) is 2.73. The normalized spacial score (nSPS) is 19.8. The Labute approximate surface area is 85.9 Å². The van der Waals surface area contributed by atoms with Crippen molar-refractivity contribution in [2.45, 2.75) is 51.5 Å². The third-order valence-corrected chi connectivity index (χ3v) is 3.74. The summed E-state index contributed by atoms with van der Waals surface area (Å²) in [4.78, 5) is 3.30. The number of hydrogen-bond acceptors (Lipinski definition) is 1. The highest BCUT2D eigenvalue weighted by Crippen LogP contribution is 2.56. The summed E-state index contributed by atoms with van der Waals surface area (Å²) in [5.74, 6) is 0. The van der Waals surface area contributed by atoms with Crippen LogP contribution in [0.2, 0.25) is 0 Å². The third-order valence-electron chi connectivity index (χ3n) is 3.74. The van der Waals surface area contributed by atoms with Crippen molar-refractivity contribution < 1.29 is 0 Å². The van der Waals surface area contributed by atoms with Gasteiger partial charge in [0.05, 0.1) is 0 Å². The fourth-order valence-corrected chi connectivity index (χ4v) is 2.73. The quantitative estimate of drug-likeness (QED) is 0.742. The van der Waals surface area contributed by atoms with Crippen molar-refractivity contribution in [1.82, 2.24) is 4.98 Å². The van der Waals surface area contributed by atoms with Gasteiger partial charge in [-0.05, 0) is 51.7 Å². The van der Waals surface area contributed by atoms with Crippen LogP contribution in [-0.2, 0) is 5.41 Å². The number of nitrogens with one attached hydrogen (secondary N) is 1. The molecule has 0 atom stereocenters. The van der Waals surface area contributed by atoms with Crippen LogP contribution in [0.5, 0.6) is 0 Å². The largest absolute Gasteiger partial charge is 0.365 e. The zero-order valence-electron chi connectivity index (χ0n) is 9.57. The van der Waals surface area contributed by atoms with E-state index in [4.69, 9.17) is 5.73 Å². The molecule has 1 aliphatic carbocycles. The second kappa shape index (κ2) is 2.63. The van der Waals surface area contributed by atoms with Gasteiger partial charge in [0.1, 0.15) is 0 Å². The molecule has 2 rings (SSSR count). The Balaban J connectivity index is 2.50. The van der Waals surface area contributed by atoms with E-state index in [1.165, 1.54) is 29.7 Å². The molecule has 1 fully saturated rings. The highest BCUT2D eigenvalue weighted by molar-refractivity contribution is 5.44. The van der Waals surface area contributed by atoms with Crippen molar-refractivity contribution in [3.05, 3.63) is 23.0 Å². The van der Waals surface area contributed by atoms with Gasteiger partial charge in [0.2, 0.25) is 0 Å². The Morgan fingerprint density at radius 2 is 1.93 bits per heavy atom. The minimum atomic E-state index is -0.106. The standard InChI is InChI=1S/C12H20N2/c1-8-7-14-9(2)10(8)12(5-6-12)11(3,4)13/h7,14H,5-6,13H2,1-4H3. The van der Waals surface area contributed by atoms with Crippen LogP contribution in [0.1, 0.15) is 43.5 Å². The molecule has 0 amide bonds. The molecule has 0 saturated heterocycles. The number of rotatable bonds is 2. The molecule has 1 aromatic rings. The Morgan fingerprint density at radius 1 is 1.36 bits per heavy atom. The topological polar surface area (TPSA) is 41.8 Å². The SMILES string of the molecule is Cc1c[nH]c(C)c1C1(C(C)(C)N)CC1. The van der Waals surface area contributed by atoms with Crippen LogP contribution in [-0.4, -0.2) is 10.5 Å². The molecule has 0 spiro atoms. The van der Waals surface area contributed by atoms with E-state index in [9.17, 15) is 0 Å². The average Bonchev–Trinajstić information content (AvgIpc) is 2.76. The van der Waals surface area contributed by atoms with Gasteiger partial charge < -0.3 is 10.7 Å². The number of nitrogens with two attached hydrogens (primary N) is 1. The lowest BCUT2D eigenvalue weighted by atomic mass is 9.78. The van der Waals surface area contributed by atoms with Gasteiger partial charge >= 0.3 is 0 Å². The molecule has 1 heterocycles. The van der Waals surface area contributed by atoms with Crippen LogP contribution in [0.4, 0.5) is 0 Å². The summed E-state index contributed by atoms with van der Waals surface area (Å²) in [6.45, 7) is 8.61. The summed E-state index contributed by atoms with van der Waals surface area (Å²) in [5.41, 5.74) is 10.5. The first-order valence-corrected chi connectivity index (χ1v) is 5.32. The van der Waals surface area contributed by atoms with Crippen molar-refractivity contribution in [2.75, 3.05) is 0 Å². The lowest BCUT2D eigenvalue weighted by Crippen LogP contribution is -2.45. The first-order valence-electron chi connectivity index (χ1n) is 5.32. The smallest absolute Gasteiger partial charge is 0.0195 e. The summed E-state index contributed by atoms with van der Waals surface area (Å²) in [6.07, 6.45) is 4.56. The molecule has 1 saturated carbocycles. The van der Waals surface area contributed by atoms with Crippen LogP contribution in [0.15, 0.2) is 6.20 Å². The molecule has 14 heavy (non-hydrogen) atoms. The van der Waals surface area contributed by atoms with E-state index in [1.54, 1.807) is 0 Å². The number of aromatic amines is 1. The second-order valence-corrected chi connectivity index (χ2v) is 5.28. The van der Waals surface area contributed by atoms with Crippen LogP contribution in [0.25, 0.3) is 0 Å². The van der Waals surface area contributed by atoms with Gasteiger partial charge in [-0.15, -0.1) is 0 Å². The van der Waals surface area contributed by atoms with Crippen molar-refractivity contribution in [3.63, 3.8) is 0 Å². The van der Waals surface area contributed by atoms with Crippen LogP contribution in [0, 0.1) is 13.8 Å². The summed E-state index contributed by atoms with van der Waals surface area (Å²) in [6, 6.07) is 0. The number of aromatic nitrogens is 1. The maximum Gasteiger partial charge on any atom is 0.0195 e. The molecule has 0 radical (unpaired) electrons. The first-order chi connectivity index (χ1) is 6.38. The molecule has 78 valence electrons. The predicted molar refractivity (Wildman–Crippen MR) is 59.4 cm³/mol. The molecule has 0 unspecified atom stereocenters. The minimum absolute atomic E-state index is 0.106. The summed E-state index contributed by atoms with van der Waals surface area (Å²) in [5, 5.41) is 0. The summed E-state index contributed by atoms with van der Waals surface area (Å²) in [7, 11) is 0. The second-order valence-electron chi connectivity index (χ2n) is 5.28. The minimum Gasteiger partial charge on any atom is -0.365 e. The molecule has 1 aliphatic rings. The zero-order valence-corrected chi connectivity index (χ0v) is 9.57. The van der Waals surface area contributed by atoms with Crippen LogP contribution >= 0.6 is 0 Å². The molecule has 1 aromatic heterocycles. The summed E-state index contributed by atoms with van der Waals surface area (Å²) < 4.78 is 0. The van der Waals surface area contributed by atoms with Gasteiger partial charge in [-0.2, -0.15) is 0 Å². The number of H-pyrrole nitrogens is 1. The Bertz CT molecular complexity index is 331. The van der Waals surface area contributed by atoms with E-state index in [-0.39, 0.29) is 11.0 Å². The van der Waals surface area contributed by atoms with Crippen molar-refractivity contribution >= 4 is 0 Å². The van der Waals surface area contributed by atoms with Crippen LogP contribution < -0.4 is 5.73 Å². The highest BCUT2D eigenvalue weighted by Gasteiger charge is 2.55. The predicted octanol–water partition coefficient (Wildman–Crippen LogP) is 2.40. The molecule has 2 heteroatoms. The van der Waals surface area contributed by atoms with Crippen molar-refractivity contribution in [3.8, 4) is 0 Å². The number of aryl methyl sites for hydroxylation is 2. The average molecular weight is 192 g/mol. The van der Waals surface area contributed by atoms with Gasteiger partial charge in [0.15, 0.2) is 0 Å².